The van der Waals surface area contributed by atoms with Gasteiger partial charge in [-0.25, -0.2) is 0 Å². The fourth-order valence-corrected chi connectivity index (χ4v) is 2.18. The van der Waals surface area contributed by atoms with Gasteiger partial charge in [-0.05, 0) is 13.3 Å². The van der Waals surface area contributed by atoms with E-state index in [9.17, 15) is 9.59 Å². The predicted octanol–water partition coefficient (Wildman–Crippen LogP) is 0.00180. The number of hydrogen-bond donors (Lipinski definition) is 4. The summed E-state index contributed by atoms with van der Waals surface area (Å²) in [6.45, 7) is 2.62. The quantitative estimate of drug-likeness (QED) is 0.584. The van der Waals surface area contributed by atoms with Gasteiger partial charge >= 0.3 is 0 Å². The number of rotatable bonds is 4. The largest absolute Gasteiger partial charge is 0.358 e. The van der Waals surface area contributed by atoms with Gasteiger partial charge in [0.05, 0.1) is 11.6 Å². The van der Waals surface area contributed by atoms with E-state index in [1.54, 1.807) is 6.20 Å². The van der Waals surface area contributed by atoms with E-state index in [1.165, 1.54) is 0 Å². The lowest BCUT2D eigenvalue weighted by Crippen LogP contribution is -2.47. The van der Waals surface area contributed by atoms with Gasteiger partial charge < -0.3 is 10.6 Å². The van der Waals surface area contributed by atoms with Crippen molar-refractivity contribution in [1.82, 2.24) is 25.5 Å². The highest BCUT2D eigenvalue weighted by Gasteiger charge is 2.27. The van der Waals surface area contributed by atoms with Crippen LogP contribution in [0.1, 0.15) is 19.8 Å². The molecule has 0 spiro atoms. The van der Waals surface area contributed by atoms with Crippen molar-refractivity contribution in [1.29, 1.82) is 0 Å². The van der Waals surface area contributed by atoms with Gasteiger partial charge in [0, 0.05) is 13.0 Å². The zero-order valence-corrected chi connectivity index (χ0v) is 11.4. The zero-order chi connectivity index (χ0) is 14.8. The summed E-state index contributed by atoms with van der Waals surface area (Å²) in [4.78, 5) is 31.6. The van der Waals surface area contributed by atoms with E-state index in [0.29, 0.717) is 42.2 Å². The Bertz CT molecular complexity index is 696. The minimum atomic E-state index is -0.495. The third-order valence-electron chi connectivity index (χ3n) is 3.19. The molecular formula is C12H15N7O2. The Balaban J connectivity index is 1.90. The molecule has 1 saturated heterocycles. The van der Waals surface area contributed by atoms with Crippen LogP contribution in [0, 0.1) is 0 Å². The van der Waals surface area contributed by atoms with Gasteiger partial charge in [0.15, 0.2) is 5.65 Å². The molecule has 0 bridgehead atoms. The van der Waals surface area contributed by atoms with E-state index in [0.717, 1.165) is 0 Å². The SMILES string of the molecule is CCNc1nc(NC2CCC(=O)NC2=O)c2cn[nH]c2n1. The number of amides is 2. The molecule has 0 aromatic carbocycles. The molecule has 0 saturated carbocycles. The summed E-state index contributed by atoms with van der Waals surface area (Å²) in [5.74, 6) is 0.372. The number of aromatic nitrogens is 4. The molecule has 2 amide bonds. The van der Waals surface area contributed by atoms with Crippen LogP contribution in [0.2, 0.25) is 0 Å². The van der Waals surface area contributed by atoms with Crippen LogP contribution >= 0.6 is 0 Å². The van der Waals surface area contributed by atoms with Crippen molar-refractivity contribution in [2.75, 3.05) is 17.2 Å². The number of hydrogen-bond acceptors (Lipinski definition) is 7. The summed E-state index contributed by atoms with van der Waals surface area (Å²) in [7, 11) is 0. The number of imide groups is 1. The highest BCUT2D eigenvalue weighted by Crippen LogP contribution is 2.22. The first-order valence-corrected chi connectivity index (χ1v) is 6.72. The van der Waals surface area contributed by atoms with Gasteiger partial charge in [0.2, 0.25) is 17.8 Å². The summed E-state index contributed by atoms with van der Waals surface area (Å²) in [6, 6.07) is -0.495. The van der Waals surface area contributed by atoms with Crippen LogP contribution in [0.4, 0.5) is 11.8 Å². The van der Waals surface area contributed by atoms with Crippen molar-refractivity contribution < 1.29 is 9.59 Å². The predicted molar refractivity (Wildman–Crippen MR) is 75.6 cm³/mol. The molecule has 4 N–H and O–H groups in total. The molecule has 3 rings (SSSR count). The fourth-order valence-electron chi connectivity index (χ4n) is 2.18. The van der Waals surface area contributed by atoms with Gasteiger partial charge in [-0.1, -0.05) is 0 Å². The van der Waals surface area contributed by atoms with Gasteiger partial charge in [0.25, 0.3) is 0 Å². The molecule has 1 unspecified atom stereocenters. The number of H-pyrrole nitrogens is 1. The molecule has 1 fully saturated rings. The molecule has 2 aromatic heterocycles. The highest BCUT2D eigenvalue weighted by molar-refractivity contribution is 6.02. The Hall–Kier alpha value is -2.71. The molecule has 1 atom stereocenters. The van der Waals surface area contributed by atoms with Crippen molar-refractivity contribution in [3.63, 3.8) is 0 Å². The zero-order valence-electron chi connectivity index (χ0n) is 11.4. The lowest BCUT2D eigenvalue weighted by atomic mass is 10.1. The maximum atomic E-state index is 11.8. The molecule has 0 radical (unpaired) electrons. The van der Waals surface area contributed by atoms with Gasteiger partial charge in [0.1, 0.15) is 11.9 Å². The van der Waals surface area contributed by atoms with Crippen LogP contribution in [0.15, 0.2) is 6.20 Å². The van der Waals surface area contributed by atoms with E-state index < -0.39 is 6.04 Å². The molecular weight excluding hydrogens is 274 g/mol. The summed E-state index contributed by atoms with van der Waals surface area (Å²) in [5.41, 5.74) is 0.579. The monoisotopic (exact) mass is 289 g/mol. The van der Waals surface area contributed by atoms with E-state index in [1.807, 2.05) is 6.92 Å². The molecule has 21 heavy (non-hydrogen) atoms. The number of piperidine rings is 1. The van der Waals surface area contributed by atoms with Gasteiger partial charge in [-0.15, -0.1) is 0 Å². The third kappa shape index (κ3) is 2.62. The lowest BCUT2D eigenvalue weighted by Gasteiger charge is -2.22. The van der Waals surface area contributed by atoms with Crippen LogP contribution in [0.25, 0.3) is 11.0 Å². The Morgan fingerprint density at radius 3 is 3.00 bits per heavy atom. The smallest absolute Gasteiger partial charge is 0.249 e. The molecule has 9 nitrogen and oxygen atoms in total. The first kappa shape index (κ1) is 13.3. The standard InChI is InChI=1S/C12H15N7O2/c1-2-13-12-17-9(6-5-14-19-10(6)18-12)15-7-3-4-8(20)16-11(7)21/h5,7H,2-4H2,1H3,(H,16,20,21)(H3,13,14,15,17,18,19). The van der Waals surface area contributed by atoms with Crippen molar-refractivity contribution in [2.24, 2.45) is 0 Å². The third-order valence-corrected chi connectivity index (χ3v) is 3.19. The van der Waals surface area contributed by atoms with Crippen molar-refractivity contribution >= 4 is 34.6 Å². The Morgan fingerprint density at radius 1 is 1.38 bits per heavy atom. The molecule has 3 heterocycles. The summed E-state index contributed by atoms with van der Waals surface area (Å²) >= 11 is 0. The molecule has 0 aliphatic carbocycles. The maximum Gasteiger partial charge on any atom is 0.249 e. The lowest BCUT2D eigenvalue weighted by molar-refractivity contribution is -0.133. The first-order chi connectivity index (χ1) is 10.2. The summed E-state index contributed by atoms with van der Waals surface area (Å²) < 4.78 is 0. The maximum absolute atomic E-state index is 11.8. The molecule has 110 valence electrons. The van der Waals surface area contributed by atoms with Crippen LogP contribution < -0.4 is 16.0 Å². The van der Waals surface area contributed by atoms with Crippen LogP contribution in [0.3, 0.4) is 0 Å². The molecule has 1 aliphatic heterocycles. The van der Waals surface area contributed by atoms with Gasteiger partial charge in [-0.3, -0.25) is 20.0 Å². The first-order valence-electron chi connectivity index (χ1n) is 6.72. The van der Waals surface area contributed by atoms with Crippen molar-refractivity contribution in [3.05, 3.63) is 6.20 Å². The van der Waals surface area contributed by atoms with Crippen LogP contribution in [-0.4, -0.2) is 44.6 Å². The second kappa shape index (κ2) is 5.35. The van der Waals surface area contributed by atoms with E-state index in [4.69, 9.17) is 0 Å². The van der Waals surface area contributed by atoms with Crippen LogP contribution in [-0.2, 0) is 9.59 Å². The Morgan fingerprint density at radius 2 is 2.24 bits per heavy atom. The summed E-state index contributed by atoms with van der Waals surface area (Å²) in [5, 5.41) is 15.8. The number of fused-ring (bicyclic) bond motifs is 1. The highest BCUT2D eigenvalue weighted by atomic mass is 16.2. The number of nitrogens with one attached hydrogen (secondary N) is 4. The second-order valence-corrected chi connectivity index (χ2v) is 4.71. The second-order valence-electron chi connectivity index (χ2n) is 4.71. The normalized spacial score (nSPS) is 18.6. The van der Waals surface area contributed by atoms with Crippen molar-refractivity contribution in [3.8, 4) is 0 Å². The topological polar surface area (TPSA) is 125 Å². The Kier molecular flexibility index (Phi) is 3.38. The average Bonchev–Trinajstić information content (AvgIpc) is 2.91. The summed E-state index contributed by atoms with van der Waals surface area (Å²) in [6.07, 6.45) is 2.34. The minimum absolute atomic E-state index is 0.248. The average molecular weight is 289 g/mol. The minimum Gasteiger partial charge on any atom is -0.358 e. The van der Waals surface area contributed by atoms with Crippen molar-refractivity contribution in [2.45, 2.75) is 25.8 Å². The number of anilines is 2. The van der Waals surface area contributed by atoms with Crippen LogP contribution in [0.5, 0.6) is 0 Å². The van der Waals surface area contributed by atoms with E-state index in [2.05, 4.69) is 36.1 Å². The number of carbonyl (C=O) groups is 2. The fraction of sp³-hybridized carbons (Fsp3) is 0.417. The van der Waals surface area contributed by atoms with E-state index >= 15 is 0 Å². The number of carbonyl (C=O) groups excluding carboxylic acids is 2. The number of aromatic amines is 1. The molecule has 2 aromatic rings. The molecule has 9 heteroatoms. The van der Waals surface area contributed by atoms with E-state index in [-0.39, 0.29) is 11.8 Å². The Labute approximate surface area is 119 Å². The van der Waals surface area contributed by atoms with Gasteiger partial charge in [-0.2, -0.15) is 15.1 Å². The number of nitrogens with zero attached hydrogens (tertiary/aromatic N) is 3. The molecule has 1 aliphatic rings.